The van der Waals surface area contributed by atoms with Crippen molar-refractivity contribution < 1.29 is 9.47 Å². The van der Waals surface area contributed by atoms with E-state index >= 15 is 0 Å². The minimum absolute atomic E-state index is 0.327. The average molecular weight is 247 g/mol. The molecule has 17 heavy (non-hydrogen) atoms. The van der Waals surface area contributed by atoms with Crippen LogP contribution in [0, 0.1) is 0 Å². The fourth-order valence-electron chi connectivity index (χ4n) is 1.85. The zero-order chi connectivity index (χ0) is 11.7. The maximum atomic E-state index is 5.38. The highest BCUT2D eigenvalue weighted by Crippen LogP contribution is 2.35. The van der Waals surface area contributed by atoms with Crippen molar-refractivity contribution in [3.05, 3.63) is 40.6 Å². The fourth-order valence-corrected chi connectivity index (χ4v) is 2.61. The van der Waals surface area contributed by atoms with Gasteiger partial charge in [-0.2, -0.15) is 0 Å². The summed E-state index contributed by atoms with van der Waals surface area (Å²) < 4.78 is 10.7. The summed E-state index contributed by atoms with van der Waals surface area (Å²) in [6.07, 6.45) is 0. The quantitative estimate of drug-likeness (QED) is 0.831. The summed E-state index contributed by atoms with van der Waals surface area (Å²) in [5, 5.41) is 2.10. The van der Waals surface area contributed by atoms with Gasteiger partial charge in [0.05, 0.1) is 6.54 Å². The first-order valence-electron chi connectivity index (χ1n) is 5.46. The molecule has 0 amide bonds. The number of nitrogens with zero attached hydrogens (tertiary/aromatic N) is 1. The molecule has 1 aromatic carbocycles. The molecule has 2 heterocycles. The SMILES string of the molecule is CN(Cc1cccs1)c1ccc2c(c1)OCO2. The predicted octanol–water partition coefficient (Wildman–Crippen LogP) is 3.11. The highest BCUT2D eigenvalue weighted by molar-refractivity contribution is 7.09. The molecule has 0 spiro atoms. The first-order valence-corrected chi connectivity index (χ1v) is 6.34. The topological polar surface area (TPSA) is 21.7 Å². The van der Waals surface area contributed by atoms with Gasteiger partial charge in [-0.05, 0) is 23.6 Å². The molecule has 0 saturated heterocycles. The third-order valence-corrected chi connectivity index (χ3v) is 3.63. The first-order chi connectivity index (χ1) is 8.33. The van der Waals surface area contributed by atoms with Crippen molar-refractivity contribution in [3.63, 3.8) is 0 Å². The first kappa shape index (κ1) is 10.5. The van der Waals surface area contributed by atoms with Crippen LogP contribution in [0.4, 0.5) is 5.69 Å². The van der Waals surface area contributed by atoms with E-state index in [1.807, 2.05) is 12.1 Å². The van der Waals surface area contributed by atoms with Gasteiger partial charge in [0.1, 0.15) is 0 Å². The van der Waals surface area contributed by atoms with E-state index in [1.54, 1.807) is 11.3 Å². The van der Waals surface area contributed by atoms with Crippen LogP contribution in [0.25, 0.3) is 0 Å². The van der Waals surface area contributed by atoms with Crippen LogP contribution in [0.15, 0.2) is 35.7 Å². The van der Waals surface area contributed by atoms with Crippen LogP contribution >= 0.6 is 11.3 Å². The Balaban J connectivity index is 1.79. The van der Waals surface area contributed by atoms with Crippen LogP contribution in [0.1, 0.15) is 4.88 Å². The molecule has 3 rings (SSSR count). The number of hydrogen-bond donors (Lipinski definition) is 0. The number of ether oxygens (including phenoxy) is 2. The van der Waals surface area contributed by atoms with Crippen LogP contribution in [0.3, 0.4) is 0 Å². The number of rotatable bonds is 3. The molecule has 88 valence electrons. The van der Waals surface area contributed by atoms with Crippen molar-refractivity contribution in [2.45, 2.75) is 6.54 Å². The van der Waals surface area contributed by atoms with Gasteiger partial charge in [-0.3, -0.25) is 0 Å². The van der Waals surface area contributed by atoms with Crippen LogP contribution in [0.2, 0.25) is 0 Å². The second kappa shape index (κ2) is 4.30. The minimum Gasteiger partial charge on any atom is -0.454 e. The van der Waals surface area contributed by atoms with E-state index in [1.165, 1.54) is 4.88 Å². The summed E-state index contributed by atoms with van der Waals surface area (Å²) in [5.74, 6) is 1.67. The summed E-state index contributed by atoms with van der Waals surface area (Å²) in [5.41, 5.74) is 1.14. The van der Waals surface area contributed by atoms with E-state index in [0.717, 1.165) is 23.7 Å². The van der Waals surface area contributed by atoms with Gasteiger partial charge in [-0.15, -0.1) is 11.3 Å². The van der Waals surface area contributed by atoms with Crippen LogP contribution in [-0.2, 0) is 6.54 Å². The number of anilines is 1. The van der Waals surface area contributed by atoms with Crippen LogP contribution in [-0.4, -0.2) is 13.8 Å². The Kier molecular flexibility index (Phi) is 2.65. The number of benzene rings is 1. The Hall–Kier alpha value is -1.68. The highest BCUT2D eigenvalue weighted by atomic mass is 32.1. The molecule has 1 aliphatic heterocycles. The summed E-state index contributed by atoms with van der Waals surface area (Å²) in [6.45, 7) is 1.24. The Labute approximate surface area is 104 Å². The maximum Gasteiger partial charge on any atom is 0.231 e. The number of fused-ring (bicyclic) bond motifs is 1. The molecule has 1 aromatic heterocycles. The molecule has 0 aliphatic carbocycles. The molecule has 0 unspecified atom stereocenters. The van der Waals surface area contributed by atoms with E-state index in [-0.39, 0.29) is 0 Å². The molecule has 0 radical (unpaired) electrons. The van der Waals surface area contributed by atoms with Crippen LogP contribution in [0.5, 0.6) is 11.5 Å². The lowest BCUT2D eigenvalue weighted by Gasteiger charge is -2.18. The predicted molar refractivity (Wildman–Crippen MR) is 69.0 cm³/mol. The Bertz CT molecular complexity index is 510. The molecule has 1 aliphatic rings. The van der Waals surface area contributed by atoms with Crippen molar-refractivity contribution in [3.8, 4) is 11.5 Å². The summed E-state index contributed by atoms with van der Waals surface area (Å²) in [4.78, 5) is 3.55. The van der Waals surface area contributed by atoms with Gasteiger partial charge in [0.15, 0.2) is 11.5 Å². The second-order valence-electron chi connectivity index (χ2n) is 3.97. The molecule has 3 nitrogen and oxygen atoms in total. The largest absolute Gasteiger partial charge is 0.454 e. The third kappa shape index (κ3) is 2.08. The molecule has 0 saturated carbocycles. The van der Waals surface area contributed by atoms with Gasteiger partial charge >= 0.3 is 0 Å². The molecule has 0 atom stereocenters. The zero-order valence-corrected chi connectivity index (χ0v) is 10.4. The fraction of sp³-hybridized carbons (Fsp3) is 0.231. The van der Waals surface area contributed by atoms with Gasteiger partial charge in [0.2, 0.25) is 6.79 Å². The van der Waals surface area contributed by atoms with Gasteiger partial charge in [-0.25, -0.2) is 0 Å². The van der Waals surface area contributed by atoms with E-state index in [4.69, 9.17) is 9.47 Å². The van der Waals surface area contributed by atoms with E-state index in [9.17, 15) is 0 Å². The lowest BCUT2D eigenvalue weighted by molar-refractivity contribution is 0.174. The molecule has 2 aromatic rings. The monoisotopic (exact) mass is 247 g/mol. The van der Waals surface area contributed by atoms with Gasteiger partial charge in [0.25, 0.3) is 0 Å². The average Bonchev–Trinajstić information content (AvgIpc) is 2.97. The Morgan fingerprint density at radius 3 is 2.94 bits per heavy atom. The highest BCUT2D eigenvalue weighted by Gasteiger charge is 2.14. The van der Waals surface area contributed by atoms with Crippen molar-refractivity contribution in [2.24, 2.45) is 0 Å². The summed E-state index contributed by atoms with van der Waals surface area (Å²) in [7, 11) is 2.08. The summed E-state index contributed by atoms with van der Waals surface area (Å²) in [6, 6.07) is 10.3. The van der Waals surface area contributed by atoms with Crippen LogP contribution < -0.4 is 14.4 Å². The number of thiophene rings is 1. The molecular formula is C13H13NO2S. The zero-order valence-electron chi connectivity index (χ0n) is 9.55. The van der Waals surface area contributed by atoms with Crippen molar-refractivity contribution in [1.29, 1.82) is 0 Å². The van der Waals surface area contributed by atoms with Gasteiger partial charge in [0, 0.05) is 23.7 Å². The molecular weight excluding hydrogens is 234 g/mol. The van der Waals surface area contributed by atoms with E-state index in [2.05, 4.69) is 35.5 Å². The smallest absolute Gasteiger partial charge is 0.231 e. The van der Waals surface area contributed by atoms with E-state index < -0.39 is 0 Å². The van der Waals surface area contributed by atoms with E-state index in [0.29, 0.717) is 6.79 Å². The van der Waals surface area contributed by atoms with Crippen molar-refractivity contribution in [1.82, 2.24) is 0 Å². The standard InChI is InChI=1S/C13H13NO2S/c1-14(8-11-3-2-6-17-11)10-4-5-12-13(7-10)16-9-15-12/h2-7H,8-9H2,1H3. The molecule has 0 N–H and O–H groups in total. The second-order valence-corrected chi connectivity index (χ2v) is 5.01. The molecule has 0 bridgehead atoms. The lowest BCUT2D eigenvalue weighted by atomic mass is 10.2. The third-order valence-electron chi connectivity index (χ3n) is 2.77. The Morgan fingerprint density at radius 1 is 1.24 bits per heavy atom. The molecule has 4 heteroatoms. The Morgan fingerprint density at radius 2 is 2.12 bits per heavy atom. The van der Waals surface area contributed by atoms with Crippen molar-refractivity contribution in [2.75, 3.05) is 18.7 Å². The normalized spacial score (nSPS) is 12.8. The lowest BCUT2D eigenvalue weighted by Crippen LogP contribution is -2.15. The summed E-state index contributed by atoms with van der Waals surface area (Å²) >= 11 is 1.77. The molecule has 0 fully saturated rings. The van der Waals surface area contributed by atoms with Gasteiger partial charge < -0.3 is 14.4 Å². The van der Waals surface area contributed by atoms with Crippen molar-refractivity contribution >= 4 is 17.0 Å². The number of hydrogen-bond acceptors (Lipinski definition) is 4. The minimum atomic E-state index is 0.327. The van der Waals surface area contributed by atoms with Gasteiger partial charge in [-0.1, -0.05) is 6.07 Å². The maximum absolute atomic E-state index is 5.38.